The lowest BCUT2D eigenvalue weighted by atomic mass is 10.0. The molecule has 0 aliphatic carbocycles. The molecule has 1 aliphatic rings. The van der Waals surface area contributed by atoms with Gasteiger partial charge in [0.15, 0.2) is 0 Å². The molecule has 2 atom stereocenters. The Balaban J connectivity index is 2.28. The summed E-state index contributed by atoms with van der Waals surface area (Å²) in [7, 11) is 0. The number of alkyl halides is 1. The van der Waals surface area contributed by atoms with Crippen LogP contribution in [0, 0.1) is 5.92 Å². The van der Waals surface area contributed by atoms with Gasteiger partial charge >= 0.3 is 0 Å². The predicted octanol–water partition coefficient (Wildman–Crippen LogP) is 1.38. The largest absolute Gasteiger partial charge is 0.378 e. The first kappa shape index (κ1) is 6.02. The van der Waals surface area contributed by atoms with E-state index >= 15 is 0 Å². The molecule has 0 aromatic heterocycles. The third-order valence-electron chi connectivity index (χ3n) is 1.61. The fourth-order valence-corrected chi connectivity index (χ4v) is 0.810. The molecule has 0 unspecified atom stereocenters. The van der Waals surface area contributed by atoms with Crippen molar-refractivity contribution in [2.45, 2.75) is 19.5 Å². The number of hydrogen-bond acceptors (Lipinski definition) is 1. The van der Waals surface area contributed by atoms with Crippen molar-refractivity contribution in [3.63, 3.8) is 0 Å². The lowest BCUT2D eigenvalue weighted by molar-refractivity contribution is 0.00451. The van der Waals surface area contributed by atoms with E-state index in [1.165, 1.54) is 0 Å². The monoisotopic (exact) mass is 118 g/mol. The van der Waals surface area contributed by atoms with Gasteiger partial charge in [0.25, 0.3) is 0 Å². The van der Waals surface area contributed by atoms with Gasteiger partial charge < -0.3 is 4.74 Å². The van der Waals surface area contributed by atoms with E-state index in [4.69, 9.17) is 4.74 Å². The van der Waals surface area contributed by atoms with E-state index in [2.05, 4.69) is 0 Å². The highest BCUT2D eigenvalue weighted by Crippen LogP contribution is 2.16. The van der Waals surface area contributed by atoms with Gasteiger partial charge in [-0.15, -0.1) is 0 Å². The number of ether oxygens (including phenoxy) is 1. The van der Waals surface area contributed by atoms with Crippen molar-refractivity contribution in [1.82, 2.24) is 0 Å². The van der Waals surface area contributed by atoms with Crippen molar-refractivity contribution in [2.24, 2.45) is 5.92 Å². The van der Waals surface area contributed by atoms with Gasteiger partial charge in [-0.1, -0.05) is 6.92 Å². The minimum absolute atomic E-state index is 0.212. The van der Waals surface area contributed by atoms with Crippen molar-refractivity contribution in [2.75, 3.05) is 13.2 Å². The molecule has 1 nitrogen and oxygen atoms in total. The summed E-state index contributed by atoms with van der Waals surface area (Å²) in [4.78, 5) is 0. The van der Waals surface area contributed by atoms with Crippen LogP contribution in [0.4, 0.5) is 4.39 Å². The smallest absolute Gasteiger partial charge is 0.126 e. The summed E-state index contributed by atoms with van der Waals surface area (Å²) in [5.74, 6) is 0.212. The normalized spacial score (nSPS) is 39.8. The first-order chi connectivity index (χ1) is 3.80. The summed E-state index contributed by atoms with van der Waals surface area (Å²) in [6.45, 7) is 2.97. The third kappa shape index (κ3) is 1.19. The molecule has 0 radical (unpaired) electrons. The molecule has 1 fully saturated rings. The maximum Gasteiger partial charge on any atom is 0.126 e. The maximum atomic E-state index is 12.5. The van der Waals surface area contributed by atoms with Gasteiger partial charge in [-0.2, -0.15) is 0 Å². The Morgan fingerprint density at radius 3 is 2.75 bits per heavy atom. The second kappa shape index (κ2) is 2.44. The molecule has 0 N–H and O–H groups in total. The zero-order valence-corrected chi connectivity index (χ0v) is 5.06. The zero-order chi connectivity index (χ0) is 5.98. The Bertz CT molecular complexity index is 64.9. The Labute approximate surface area is 48.8 Å². The minimum atomic E-state index is -0.719. The minimum Gasteiger partial charge on any atom is -0.378 e. The predicted molar refractivity (Wildman–Crippen MR) is 29.5 cm³/mol. The first-order valence-corrected chi connectivity index (χ1v) is 3.02. The molecule has 2 heteroatoms. The van der Waals surface area contributed by atoms with Crippen LogP contribution in [0.2, 0.25) is 0 Å². The highest BCUT2D eigenvalue weighted by molar-refractivity contribution is 4.67. The molecule has 1 heterocycles. The highest BCUT2D eigenvalue weighted by atomic mass is 19.1. The van der Waals surface area contributed by atoms with Gasteiger partial charge in [0.05, 0.1) is 6.61 Å². The number of halogens is 1. The van der Waals surface area contributed by atoms with E-state index in [1.807, 2.05) is 6.92 Å². The van der Waals surface area contributed by atoms with Crippen LogP contribution >= 0.6 is 0 Å². The molecule has 1 rings (SSSR count). The Kier molecular flexibility index (Phi) is 1.84. The molecule has 0 bridgehead atoms. The number of hydrogen-bond donors (Lipinski definition) is 0. The van der Waals surface area contributed by atoms with Crippen LogP contribution < -0.4 is 0 Å². The van der Waals surface area contributed by atoms with Crippen LogP contribution in [-0.2, 0) is 4.74 Å². The average Bonchev–Trinajstić information content (AvgIpc) is 1.77. The van der Waals surface area contributed by atoms with E-state index in [0.29, 0.717) is 6.61 Å². The fraction of sp³-hybridized carbons (Fsp3) is 1.00. The van der Waals surface area contributed by atoms with Crippen molar-refractivity contribution in [1.29, 1.82) is 0 Å². The lowest BCUT2D eigenvalue weighted by Crippen LogP contribution is -2.26. The van der Waals surface area contributed by atoms with Gasteiger partial charge in [0, 0.05) is 6.61 Å². The Hall–Kier alpha value is -0.110. The van der Waals surface area contributed by atoms with Gasteiger partial charge in [-0.3, -0.25) is 0 Å². The summed E-state index contributed by atoms with van der Waals surface area (Å²) in [5, 5.41) is 0. The van der Waals surface area contributed by atoms with E-state index in [-0.39, 0.29) is 5.92 Å². The standard InChI is InChI=1S/C6H11FO/c1-5-2-3-8-4-6(5)7/h5-6H,2-4H2,1H3/t5-,6-/m1/s1. The van der Waals surface area contributed by atoms with Crippen molar-refractivity contribution in [3.05, 3.63) is 0 Å². The van der Waals surface area contributed by atoms with Crippen molar-refractivity contribution >= 4 is 0 Å². The van der Waals surface area contributed by atoms with E-state index < -0.39 is 6.17 Å². The molecule has 0 saturated carbocycles. The molecule has 0 spiro atoms. The summed E-state index contributed by atoms with van der Waals surface area (Å²) >= 11 is 0. The topological polar surface area (TPSA) is 9.23 Å². The molecular weight excluding hydrogens is 107 g/mol. The van der Waals surface area contributed by atoms with E-state index in [0.717, 1.165) is 13.0 Å². The summed E-state index contributed by atoms with van der Waals surface area (Å²) in [5.41, 5.74) is 0. The second-order valence-corrected chi connectivity index (χ2v) is 2.36. The van der Waals surface area contributed by atoms with Crippen LogP contribution in [-0.4, -0.2) is 19.4 Å². The highest BCUT2D eigenvalue weighted by Gasteiger charge is 2.20. The van der Waals surface area contributed by atoms with Gasteiger partial charge in [-0.05, 0) is 12.3 Å². The first-order valence-electron chi connectivity index (χ1n) is 3.02. The van der Waals surface area contributed by atoms with E-state index in [1.54, 1.807) is 0 Å². The SMILES string of the molecule is C[C@@H]1CCOC[C@H]1F. The van der Waals surface area contributed by atoms with Crippen LogP contribution in [0.5, 0.6) is 0 Å². The zero-order valence-electron chi connectivity index (χ0n) is 5.06. The average molecular weight is 118 g/mol. The summed E-state index contributed by atoms with van der Waals surface area (Å²) in [6, 6.07) is 0. The summed E-state index contributed by atoms with van der Waals surface area (Å²) < 4.78 is 17.3. The molecule has 1 saturated heterocycles. The van der Waals surface area contributed by atoms with E-state index in [9.17, 15) is 4.39 Å². The maximum absolute atomic E-state index is 12.5. The molecule has 0 amide bonds. The van der Waals surface area contributed by atoms with Crippen LogP contribution in [0.1, 0.15) is 13.3 Å². The lowest BCUT2D eigenvalue weighted by Gasteiger charge is -2.21. The molecule has 1 aliphatic heterocycles. The van der Waals surface area contributed by atoms with Gasteiger partial charge in [0.1, 0.15) is 6.17 Å². The molecule has 0 aromatic rings. The second-order valence-electron chi connectivity index (χ2n) is 2.36. The Morgan fingerprint density at radius 1 is 1.62 bits per heavy atom. The van der Waals surface area contributed by atoms with Crippen LogP contribution in [0.3, 0.4) is 0 Å². The van der Waals surface area contributed by atoms with Crippen LogP contribution in [0.15, 0.2) is 0 Å². The summed E-state index contributed by atoms with van der Waals surface area (Å²) in [6.07, 6.45) is 0.157. The molecule has 0 aromatic carbocycles. The Morgan fingerprint density at radius 2 is 2.38 bits per heavy atom. The molecule has 8 heavy (non-hydrogen) atoms. The third-order valence-corrected chi connectivity index (χ3v) is 1.61. The fourth-order valence-electron chi connectivity index (χ4n) is 0.810. The van der Waals surface area contributed by atoms with Gasteiger partial charge in [0.2, 0.25) is 0 Å². The number of rotatable bonds is 0. The van der Waals surface area contributed by atoms with Crippen LogP contribution in [0.25, 0.3) is 0 Å². The van der Waals surface area contributed by atoms with Crippen molar-refractivity contribution < 1.29 is 9.13 Å². The molecule has 48 valence electrons. The quantitative estimate of drug-likeness (QED) is 0.467. The molecular formula is C6H11FO. The van der Waals surface area contributed by atoms with Crippen molar-refractivity contribution in [3.8, 4) is 0 Å². The van der Waals surface area contributed by atoms with Gasteiger partial charge in [-0.25, -0.2) is 4.39 Å².